The molecule has 0 spiro atoms. The van der Waals surface area contributed by atoms with Crippen molar-refractivity contribution in [3.8, 4) is 11.5 Å². The summed E-state index contributed by atoms with van der Waals surface area (Å²) >= 11 is 0. The van der Waals surface area contributed by atoms with Crippen molar-refractivity contribution in [2.45, 2.75) is 31.8 Å². The van der Waals surface area contributed by atoms with Gasteiger partial charge in [0.1, 0.15) is 0 Å². The van der Waals surface area contributed by atoms with Gasteiger partial charge in [-0.3, -0.25) is 0 Å². The summed E-state index contributed by atoms with van der Waals surface area (Å²) in [4.78, 5) is 0. The van der Waals surface area contributed by atoms with E-state index in [1.807, 2.05) is 18.2 Å². The normalized spacial score (nSPS) is 16.9. The minimum atomic E-state index is 0.381. The Labute approximate surface area is 84.8 Å². The van der Waals surface area contributed by atoms with Gasteiger partial charge in [-0.05, 0) is 43.9 Å². The van der Waals surface area contributed by atoms with Gasteiger partial charge in [0.2, 0.25) is 0 Å². The summed E-state index contributed by atoms with van der Waals surface area (Å²) in [5, 5.41) is 0. The van der Waals surface area contributed by atoms with E-state index in [1.54, 1.807) is 7.11 Å². The molecule has 0 unspecified atom stereocenters. The lowest BCUT2D eigenvalue weighted by molar-refractivity contribution is 0.201. The van der Waals surface area contributed by atoms with Crippen molar-refractivity contribution in [2.75, 3.05) is 7.11 Å². The smallest absolute Gasteiger partial charge is 0.161 e. The van der Waals surface area contributed by atoms with Gasteiger partial charge in [0.05, 0.1) is 13.2 Å². The lowest BCUT2D eigenvalue weighted by Crippen LogP contribution is -2.11. The van der Waals surface area contributed by atoms with Crippen LogP contribution < -0.4 is 9.47 Å². The molecule has 0 saturated heterocycles. The molecule has 0 amide bonds. The molecular weight excluding hydrogens is 176 g/mol. The van der Waals surface area contributed by atoms with Crippen molar-refractivity contribution >= 4 is 0 Å². The third-order valence-electron chi connectivity index (χ3n) is 2.60. The van der Waals surface area contributed by atoms with Crippen LogP contribution >= 0.6 is 0 Å². The number of benzene rings is 1. The Hall–Kier alpha value is -1.18. The molecule has 1 aromatic rings. The van der Waals surface area contributed by atoms with Crippen molar-refractivity contribution < 1.29 is 9.47 Å². The predicted molar refractivity (Wildman–Crippen MR) is 54.7 cm³/mol. The van der Waals surface area contributed by atoms with Gasteiger partial charge >= 0.3 is 0 Å². The molecular formula is C12H15O2. The Morgan fingerprint density at radius 2 is 2.07 bits per heavy atom. The van der Waals surface area contributed by atoms with Gasteiger partial charge < -0.3 is 9.47 Å². The third kappa shape index (κ3) is 2.00. The number of ether oxygens (including phenoxy) is 2. The van der Waals surface area contributed by atoms with Crippen LogP contribution in [0.3, 0.4) is 0 Å². The third-order valence-corrected chi connectivity index (χ3v) is 2.60. The first-order valence-corrected chi connectivity index (χ1v) is 5.11. The minimum absolute atomic E-state index is 0.381. The van der Waals surface area contributed by atoms with Crippen LogP contribution in [0.1, 0.15) is 25.7 Å². The summed E-state index contributed by atoms with van der Waals surface area (Å²) in [7, 11) is 1.66. The Morgan fingerprint density at radius 1 is 1.29 bits per heavy atom. The molecule has 0 heterocycles. The zero-order valence-electron chi connectivity index (χ0n) is 8.45. The van der Waals surface area contributed by atoms with E-state index in [9.17, 15) is 0 Å². The van der Waals surface area contributed by atoms with E-state index in [-0.39, 0.29) is 0 Å². The van der Waals surface area contributed by atoms with Crippen molar-refractivity contribution in [2.24, 2.45) is 0 Å². The van der Waals surface area contributed by atoms with Crippen molar-refractivity contribution in [1.82, 2.24) is 0 Å². The molecule has 1 aliphatic carbocycles. The van der Waals surface area contributed by atoms with E-state index in [0.29, 0.717) is 6.10 Å². The van der Waals surface area contributed by atoms with Crippen molar-refractivity contribution in [3.05, 3.63) is 24.3 Å². The standard InChI is InChI=1S/C12H15O2/c1-13-11-8-4-5-9-12(11)14-10-6-2-3-7-10/h5,8-10H,2-3,6-7H2,1H3. The number of methoxy groups -OCH3 is 1. The molecule has 1 saturated carbocycles. The molecule has 1 aromatic carbocycles. The lowest BCUT2D eigenvalue weighted by Gasteiger charge is -2.15. The second-order valence-corrected chi connectivity index (χ2v) is 3.60. The van der Waals surface area contributed by atoms with E-state index in [1.165, 1.54) is 25.7 Å². The number of rotatable bonds is 3. The van der Waals surface area contributed by atoms with Crippen LogP contribution in [0.2, 0.25) is 0 Å². The van der Waals surface area contributed by atoms with Gasteiger partial charge in [-0.15, -0.1) is 0 Å². The molecule has 0 aliphatic heterocycles. The monoisotopic (exact) mass is 191 g/mol. The largest absolute Gasteiger partial charge is 0.493 e. The van der Waals surface area contributed by atoms with Crippen LogP contribution in [0.5, 0.6) is 11.5 Å². The second-order valence-electron chi connectivity index (χ2n) is 3.60. The zero-order valence-corrected chi connectivity index (χ0v) is 8.45. The van der Waals surface area contributed by atoms with Gasteiger partial charge in [0, 0.05) is 0 Å². The molecule has 1 aliphatic rings. The fourth-order valence-corrected chi connectivity index (χ4v) is 1.84. The summed E-state index contributed by atoms with van der Waals surface area (Å²) in [6.07, 6.45) is 5.29. The second kappa shape index (κ2) is 4.36. The van der Waals surface area contributed by atoms with Crippen molar-refractivity contribution in [1.29, 1.82) is 0 Å². The van der Waals surface area contributed by atoms with E-state index < -0.39 is 0 Å². The van der Waals surface area contributed by atoms with E-state index in [0.717, 1.165) is 11.5 Å². The van der Waals surface area contributed by atoms with Gasteiger partial charge in [-0.25, -0.2) is 0 Å². The molecule has 0 N–H and O–H groups in total. The molecule has 1 fully saturated rings. The summed E-state index contributed by atoms with van der Waals surface area (Å²) in [6, 6.07) is 8.55. The highest BCUT2D eigenvalue weighted by Crippen LogP contribution is 2.30. The molecule has 0 atom stereocenters. The summed E-state index contributed by atoms with van der Waals surface area (Å²) in [6.45, 7) is 0. The molecule has 2 nitrogen and oxygen atoms in total. The maximum absolute atomic E-state index is 5.85. The van der Waals surface area contributed by atoms with Crippen molar-refractivity contribution in [3.63, 3.8) is 0 Å². The summed E-state index contributed by atoms with van der Waals surface area (Å²) in [5.41, 5.74) is 0. The number of hydrogen-bond donors (Lipinski definition) is 0. The average molecular weight is 191 g/mol. The first-order valence-electron chi connectivity index (χ1n) is 5.11. The van der Waals surface area contributed by atoms with Crippen LogP contribution in [-0.4, -0.2) is 13.2 Å². The Kier molecular flexibility index (Phi) is 2.92. The first kappa shape index (κ1) is 9.38. The van der Waals surface area contributed by atoms with E-state index in [2.05, 4.69) is 6.07 Å². The summed E-state index contributed by atoms with van der Waals surface area (Å²) in [5.74, 6) is 1.62. The van der Waals surface area contributed by atoms with Crippen LogP contribution in [0.25, 0.3) is 0 Å². The van der Waals surface area contributed by atoms with E-state index >= 15 is 0 Å². The molecule has 75 valence electrons. The molecule has 14 heavy (non-hydrogen) atoms. The fourth-order valence-electron chi connectivity index (χ4n) is 1.84. The Morgan fingerprint density at radius 3 is 2.79 bits per heavy atom. The van der Waals surface area contributed by atoms with Gasteiger partial charge in [0.25, 0.3) is 0 Å². The SMILES string of the molecule is COc1c[c]ccc1OC1CCCC1. The number of hydrogen-bond acceptors (Lipinski definition) is 2. The Balaban J connectivity index is 2.07. The highest BCUT2D eigenvalue weighted by atomic mass is 16.5. The maximum atomic E-state index is 5.85. The average Bonchev–Trinajstić information content (AvgIpc) is 2.71. The molecule has 2 rings (SSSR count). The van der Waals surface area contributed by atoms with Crippen LogP contribution in [0.4, 0.5) is 0 Å². The molecule has 1 radical (unpaired) electrons. The molecule has 0 bridgehead atoms. The molecule has 2 heteroatoms. The van der Waals surface area contributed by atoms with Gasteiger partial charge in [0.15, 0.2) is 11.5 Å². The molecule has 0 aromatic heterocycles. The van der Waals surface area contributed by atoms with Gasteiger partial charge in [-0.1, -0.05) is 6.07 Å². The Bertz CT molecular complexity index is 290. The van der Waals surface area contributed by atoms with Gasteiger partial charge in [-0.2, -0.15) is 0 Å². The van der Waals surface area contributed by atoms with Crippen LogP contribution in [0.15, 0.2) is 18.2 Å². The topological polar surface area (TPSA) is 18.5 Å². The highest BCUT2D eigenvalue weighted by Gasteiger charge is 2.17. The lowest BCUT2D eigenvalue weighted by atomic mass is 10.3. The first-order chi connectivity index (χ1) is 6.90. The minimum Gasteiger partial charge on any atom is -0.493 e. The highest BCUT2D eigenvalue weighted by molar-refractivity contribution is 5.39. The quantitative estimate of drug-likeness (QED) is 0.731. The van der Waals surface area contributed by atoms with E-state index in [4.69, 9.17) is 9.47 Å². The maximum Gasteiger partial charge on any atom is 0.161 e. The summed E-state index contributed by atoms with van der Waals surface area (Å²) < 4.78 is 11.1. The fraction of sp³-hybridized carbons (Fsp3) is 0.500. The van der Waals surface area contributed by atoms with Crippen LogP contribution in [-0.2, 0) is 0 Å². The zero-order chi connectivity index (χ0) is 9.80. The van der Waals surface area contributed by atoms with Crippen LogP contribution in [0, 0.1) is 6.07 Å². The predicted octanol–water partition coefficient (Wildman–Crippen LogP) is 2.82.